The van der Waals surface area contributed by atoms with E-state index in [9.17, 15) is 0 Å². The average molecular weight is 365 g/mol. The molecule has 0 aliphatic carbocycles. The molecule has 2 N–H and O–H groups in total. The zero-order valence-electron chi connectivity index (χ0n) is 16.1. The second-order valence-electron chi connectivity index (χ2n) is 6.22. The number of unbranched alkanes of at least 4 members (excludes halogenated alkanes) is 7. The van der Waals surface area contributed by atoms with E-state index in [0.29, 0.717) is 39.6 Å². The first-order valence-corrected chi connectivity index (χ1v) is 9.91. The Morgan fingerprint density at radius 3 is 1.56 bits per heavy atom. The molecule has 6 heteroatoms. The van der Waals surface area contributed by atoms with Gasteiger partial charge in [-0.15, -0.1) is 0 Å². The summed E-state index contributed by atoms with van der Waals surface area (Å²) in [6, 6.07) is 0. The van der Waals surface area contributed by atoms with Gasteiger partial charge in [0.25, 0.3) is 0 Å². The molecule has 0 saturated carbocycles. The molecule has 0 rings (SSSR count). The second-order valence-corrected chi connectivity index (χ2v) is 6.22. The molecule has 0 amide bonds. The van der Waals surface area contributed by atoms with Crippen LogP contribution in [0.15, 0.2) is 0 Å². The Balaban J connectivity index is 2.98. The standard InChI is InChI=1S/C19H40O6/c1-2-3-4-5-6-7-8-9-10-22-11-12-23-13-14-24-15-16-25-18-19(21)17-20/h19-21H,2-18H2,1H3. The van der Waals surface area contributed by atoms with E-state index in [1.54, 1.807) is 0 Å². The minimum atomic E-state index is -0.811. The molecule has 0 aromatic rings. The lowest BCUT2D eigenvalue weighted by molar-refractivity contribution is -0.0267. The summed E-state index contributed by atoms with van der Waals surface area (Å²) in [5.41, 5.74) is 0. The first-order chi connectivity index (χ1) is 12.3. The van der Waals surface area contributed by atoms with Crippen LogP contribution in [0.5, 0.6) is 0 Å². The molecule has 0 saturated heterocycles. The van der Waals surface area contributed by atoms with Gasteiger partial charge in [0.15, 0.2) is 0 Å². The lowest BCUT2D eigenvalue weighted by Crippen LogP contribution is -2.21. The monoisotopic (exact) mass is 364 g/mol. The summed E-state index contributed by atoms with van der Waals surface area (Å²) in [6.07, 6.45) is 9.72. The van der Waals surface area contributed by atoms with Gasteiger partial charge in [-0.05, 0) is 6.42 Å². The molecular formula is C19H40O6. The first kappa shape index (κ1) is 24.8. The highest BCUT2D eigenvalue weighted by atomic mass is 16.6. The highest BCUT2D eigenvalue weighted by Gasteiger charge is 2.00. The molecule has 0 spiro atoms. The van der Waals surface area contributed by atoms with Crippen LogP contribution < -0.4 is 0 Å². The van der Waals surface area contributed by atoms with Gasteiger partial charge in [-0.1, -0.05) is 51.9 Å². The summed E-state index contributed by atoms with van der Waals surface area (Å²) in [5.74, 6) is 0. The quantitative estimate of drug-likeness (QED) is 0.305. The molecule has 0 aliphatic rings. The van der Waals surface area contributed by atoms with E-state index in [2.05, 4.69) is 6.92 Å². The second kappa shape index (κ2) is 21.8. The maximum absolute atomic E-state index is 9.05. The van der Waals surface area contributed by atoms with E-state index in [0.717, 1.165) is 13.0 Å². The van der Waals surface area contributed by atoms with Crippen molar-refractivity contribution in [3.05, 3.63) is 0 Å². The highest BCUT2D eigenvalue weighted by molar-refractivity contribution is 4.48. The maximum Gasteiger partial charge on any atom is 0.100 e. The van der Waals surface area contributed by atoms with Gasteiger partial charge in [0.05, 0.1) is 52.9 Å². The SMILES string of the molecule is CCCCCCCCCCOCCOCCOCCOCC(O)CO. The molecule has 0 fully saturated rings. The molecule has 0 heterocycles. The van der Waals surface area contributed by atoms with Crippen LogP contribution in [0.1, 0.15) is 58.3 Å². The Morgan fingerprint density at radius 1 is 0.600 bits per heavy atom. The van der Waals surface area contributed by atoms with Crippen LogP contribution in [0.3, 0.4) is 0 Å². The number of hydrogen-bond donors (Lipinski definition) is 2. The van der Waals surface area contributed by atoms with Crippen LogP contribution in [0, 0.1) is 0 Å². The Bertz CT molecular complexity index is 240. The minimum absolute atomic E-state index is 0.132. The molecule has 25 heavy (non-hydrogen) atoms. The Labute approximate surface area is 153 Å². The first-order valence-electron chi connectivity index (χ1n) is 9.91. The molecule has 1 unspecified atom stereocenters. The molecular weight excluding hydrogens is 324 g/mol. The summed E-state index contributed by atoms with van der Waals surface area (Å²) in [4.78, 5) is 0. The van der Waals surface area contributed by atoms with Crippen LogP contribution in [0.25, 0.3) is 0 Å². The van der Waals surface area contributed by atoms with Crippen molar-refractivity contribution in [2.75, 3.05) is 59.5 Å². The van der Waals surface area contributed by atoms with Gasteiger partial charge in [0.2, 0.25) is 0 Å². The van der Waals surface area contributed by atoms with E-state index in [1.165, 1.54) is 44.9 Å². The van der Waals surface area contributed by atoms with Crippen LogP contribution in [-0.4, -0.2) is 75.8 Å². The van der Waals surface area contributed by atoms with Gasteiger partial charge in [0.1, 0.15) is 6.10 Å². The van der Waals surface area contributed by atoms with Gasteiger partial charge in [0, 0.05) is 6.61 Å². The van der Waals surface area contributed by atoms with Crippen LogP contribution in [0.4, 0.5) is 0 Å². The molecule has 1 atom stereocenters. The smallest absolute Gasteiger partial charge is 0.100 e. The fraction of sp³-hybridized carbons (Fsp3) is 1.00. The predicted octanol–water partition coefficient (Wildman–Crippen LogP) is 2.55. The average Bonchev–Trinajstić information content (AvgIpc) is 2.63. The zero-order chi connectivity index (χ0) is 18.4. The van der Waals surface area contributed by atoms with Crippen LogP contribution >= 0.6 is 0 Å². The van der Waals surface area contributed by atoms with Crippen LogP contribution in [0.2, 0.25) is 0 Å². The fourth-order valence-corrected chi connectivity index (χ4v) is 2.27. The van der Waals surface area contributed by atoms with Gasteiger partial charge in [-0.3, -0.25) is 0 Å². The summed E-state index contributed by atoms with van der Waals surface area (Å²) >= 11 is 0. The lowest BCUT2D eigenvalue weighted by Gasteiger charge is -2.09. The van der Waals surface area contributed by atoms with Crippen molar-refractivity contribution in [2.24, 2.45) is 0 Å². The summed E-state index contributed by atoms with van der Waals surface area (Å²) in [5, 5.41) is 17.7. The summed E-state index contributed by atoms with van der Waals surface area (Å²) in [7, 11) is 0. The van der Waals surface area contributed by atoms with Gasteiger partial charge < -0.3 is 29.2 Å². The van der Waals surface area contributed by atoms with E-state index in [4.69, 9.17) is 29.2 Å². The van der Waals surface area contributed by atoms with Gasteiger partial charge in [-0.2, -0.15) is 0 Å². The Morgan fingerprint density at radius 2 is 1.04 bits per heavy atom. The molecule has 152 valence electrons. The molecule has 0 radical (unpaired) electrons. The van der Waals surface area contributed by atoms with E-state index in [-0.39, 0.29) is 13.2 Å². The number of hydrogen-bond acceptors (Lipinski definition) is 6. The Kier molecular flexibility index (Phi) is 21.6. The van der Waals surface area contributed by atoms with Crippen molar-refractivity contribution < 1.29 is 29.2 Å². The number of ether oxygens (including phenoxy) is 4. The summed E-state index contributed by atoms with van der Waals surface area (Å²) in [6.45, 7) is 6.07. The fourth-order valence-electron chi connectivity index (χ4n) is 2.27. The third-order valence-corrected chi connectivity index (χ3v) is 3.78. The van der Waals surface area contributed by atoms with Gasteiger partial charge >= 0.3 is 0 Å². The van der Waals surface area contributed by atoms with Gasteiger partial charge in [-0.25, -0.2) is 0 Å². The third-order valence-electron chi connectivity index (χ3n) is 3.78. The largest absolute Gasteiger partial charge is 0.394 e. The van der Waals surface area contributed by atoms with Crippen molar-refractivity contribution in [3.63, 3.8) is 0 Å². The minimum Gasteiger partial charge on any atom is -0.394 e. The third kappa shape index (κ3) is 21.7. The topological polar surface area (TPSA) is 77.4 Å². The highest BCUT2D eigenvalue weighted by Crippen LogP contribution is 2.08. The van der Waals surface area contributed by atoms with Crippen molar-refractivity contribution in [3.8, 4) is 0 Å². The number of aliphatic hydroxyl groups excluding tert-OH is 2. The van der Waals surface area contributed by atoms with Crippen LogP contribution in [-0.2, 0) is 18.9 Å². The van der Waals surface area contributed by atoms with E-state index >= 15 is 0 Å². The number of rotatable bonds is 21. The predicted molar refractivity (Wildman–Crippen MR) is 99.0 cm³/mol. The molecule has 6 nitrogen and oxygen atoms in total. The molecule has 0 bridgehead atoms. The van der Waals surface area contributed by atoms with Crippen molar-refractivity contribution in [2.45, 2.75) is 64.4 Å². The molecule has 0 aromatic carbocycles. The molecule has 0 aliphatic heterocycles. The van der Waals surface area contributed by atoms with Crippen molar-refractivity contribution in [1.82, 2.24) is 0 Å². The maximum atomic E-state index is 9.05. The van der Waals surface area contributed by atoms with E-state index in [1.807, 2.05) is 0 Å². The lowest BCUT2D eigenvalue weighted by atomic mass is 10.1. The summed E-state index contributed by atoms with van der Waals surface area (Å²) < 4.78 is 21.4. The molecule has 0 aromatic heterocycles. The normalized spacial score (nSPS) is 12.6. The van der Waals surface area contributed by atoms with Crippen molar-refractivity contribution >= 4 is 0 Å². The zero-order valence-corrected chi connectivity index (χ0v) is 16.1. The Hall–Kier alpha value is -0.240. The van der Waals surface area contributed by atoms with E-state index < -0.39 is 6.10 Å². The van der Waals surface area contributed by atoms with Crippen molar-refractivity contribution in [1.29, 1.82) is 0 Å². The number of aliphatic hydroxyl groups is 2.